The number of rotatable bonds is 7. The Morgan fingerprint density at radius 2 is 2.27 bits per heavy atom. The van der Waals surface area contributed by atoms with Crippen LogP contribution in [0.15, 0.2) is 5.38 Å². The maximum absolute atomic E-state index is 4.58. The predicted molar refractivity (Wildman–Crippen MR) is 66.1 cm³/mol. The zero-order valence-corrected chi connectivity index (χ0v) is 10.7. The van der Waals surface area contributed by atoms with Gasteiger partial charge in [0.2, 0.25) is 0 Å². The van der Waals surface area contributed by atoms with Crippen molar-refractivity contribution in [1.82, 2.24) is 15.2 Å². The van der Waals surface area contributed by atoms with E-state index in [1.807, 2.05) is 7.05 Å². The van der Waals surface area contributed by atoms with Gasteiger partial charge in [0.05, 0.1) is 5.69 Å². The number of hydrogen-bond acceptors (Lipinski definition) is 4. The van der Waals surface area contributed by atoms with E-state index in [-0.39, 0.29) is 0 Å². The van der Waals surface area contributed by atoms with Gasteiger partial charge in [-0.1, -0.05) is 13.8 Å². The van der Waals surface area contributed by atoms with Gasteiger partial charge < -0.3 is 5.32 Å². The molecule has 0 saturated heterocycles. The van der Waals surface area contributed by atoms with Gasteiger partial charge in [-0.2, -0.15) is 0 Å². The first kappa shape index (κ1) is 12.6. The van der Waals surface area contributed by atoms with Crippen molar-refractivity contribution in [3.05, 3.63) is 16.1 Å². The molecule has 15 heavy (non-hydrogen) atoms. The van der Waals surface area contributed by atoms with Crippen LogP contribution in [0.1, 0.15) is 31.0 Å². The third-order valence-corrected chi connectivity index (χ3v) is 3.20. The molecule has 0 saturated carbocycles. The first-order valence-corrected chi connectivity index (χ1v) is 6.48. The number of nitrogens with one attached hydrogen (secondary N) is 1. The van der Waals surface area contributed by atoms with Crippen molar-refractivity contribution in [2.45, 2.75) is 33.4 Å². The Labute approximate surface area is 96.5 Å². The van der Waals surface area contributed by atoms with Crippen molar-refractivity contribution in [2.24, 2.45) is 0 Å². The van der Waals surface area contributed by atoms with Gasteiger partial charge in [0, 0.05) is 18.5 Å². The smallest absolute Gasteiger partial charge is 0.107 e. The highest BCUT2D eigenvalue weighted by atomic mass is 32.1. The van der Waals surface area contributed by atoms with E-state index in [1.54, 1.807) is 11.3 Å². The monoisotopic (exact) mass is 227 g/mol. The quantitative estimate of drug-likeness (QED) is 0.773. The zero-order chi connectivity index (χ0) is 11.1. The molecular formula is C11H21N3S. The van der Waals surface area contributed by atoms with E-state index in [0.29, 0.717) is 0 Å². The number of hydrogen-bond donors (Lipinski definition) is 1. The summed E-state index contributed by atoms with van der Waals surface area (Å²) in [6.45, 7) is 8.56. The molecule has 1 aromatic rings. The van der Waals surface area contributed by atoms with Crippen molar-refractivity contribution in [3.8, 4) is 0 Å². The molecule has 0 aromatic carbocycles. The van der Waals surface area contributed by atoms with E-state index >= 15 is 0 Å². The van der Waals surface area contributed by atoms with Crippen LogP contribution < -0.4 is 5.32 Å². The van der Waals surface area contributed by atoms with Crippen LogP contribution in [0.2, 0.25) is 0 Å². The van der Waals surface area contributed by atoms with Gasteiger partial charge in [0.1, 0.15) is 5.01 Å². The molecule has 3 nitrogen and oxygen atoms in total. The summed E-state index contributed by atoms with van der Waals surface area (Å²) in [6.07, 6.45) is 1.21. The molecule has 0 amide bonds. The molecule has 0 spiro atoms. The van der Waals surface area contributed by atoms with E-state index in [2.05, 4.69) is 34.4 Å². The van der Waals surface area contributed by atoms with E-state index in [9.17, 15) is 0 Å². The Morgan fingerprint density at radius 3 is 2.87 bits per heavy atom. The van der Waals surface area contributed by atoms with Gasteiger partial charge in [-0.25, -0.2) is 4.98 Å². The molecule has 0 aliphatic heterocycles. The summed E-state index contributed by atoms with van der Waals surface area (Å²) in [5.41, 5.74) is 1.21. The molecule has 1 aromatic heterocycles. The lowest BCUT2D eigenvalue weighted by atomic mass is 10.3. The molecule has 0 radical (unpaired) electrons. The Morgan fingerprint density at radius 1 is 1.47 bits per heavy atom. The number of thiazole rings is 1. The van der Waals surface area contributed by atoms with Crippen molar-refractivity contribution in [2.75, 3.05) is 20.1 Å². The minimum Gasteiger partial charge on any atom is -0.314 e. The highest BCUT2D eigenvalue weighted by molar-refractivity contribution is 7.09. The van der Waals surface area contributed by atoms with Gasteiger partial charge in [-0.3, -0.25) is 4.90 Å². The lowest BCUT2D eigenvalue weighted by Gasteiger charge is -2.17. The summed E-state index contributed by atoms with van der Waals surface area (Å²) in [6, 6.07) is 0. The average molecular weight is 227 g/mol. The van der Waals surface area contributed by atoms with E-state index in [1.165, 1.54) is 17.1 Å². The van der Waals surface area contributed by atoms with Gasteiger partial charge in [-0.05, 0) is 26.6 Å². The largest absolute Gasteiger partial charge is 0.314 e. The molecule has 0 atom stereocenters. The van der Waals surface area contributed by atoms with Crippen molar-refractivity contribution in [3.63, 3.8) is 0 Å². The topological polar surface area (TPSA) is 28.2 Å². The Bertz CT molecular complexity index is 273. The summed E-state index contributed by atoms with van der Waals surface area (Å²) in [4.78, 5) is 7.01. The molecule has 0 fully saturated rings. The van der Waals surface area contributed by atoms with Gasteiger partial charge in [0.25, 0.3) is 0 Å². The average Bonchev–Trinajstić information content (AvgIpc) is 2.66. The minimum atomic E-state index is 0.880. The van der Waals surface area contributed by atoms with E-state index < -0.39 is 0 Å². The van der Waals surface area contributed by atoms with Crippen LogP contribution in [0, 0.1) is 0 Å². The highest BCUT2D eigenvalue weighted by Gasteiger charge is 2.06. The molecule has 4 heteroatoms. The van der Waals surface area contributed by atoms with Crippen LogP contribution in [-0.4, -0.2) is 30.0 Å². The fourth-order valence-electron chi connectivity index (χ4n) is 1.55. The molecule has 1 rings (SSSR count). The summed E-state index contributed by atoms with van der Waals surface area (Å²) in [7, 11) is 1.95. The maximum Gasteiger partial charge on any atom is 0.107 e. The number of aromatic nitrogens is 1. The second-order valence-corrected chi connectivity index (χ2v) is 4.57. The molecule has 1 N–H and O–H groups in total. The SMILES string of the molecule is CCCN(CC)Cc1csc(CNC)n1. The zero-order valence-electron chi connectivity index (χ0n) is 9.92. The minimum absolute atomic E-state index is 0.880. The third-order valence-electron chi connectivity index (χ3n) is 2.30. The fraction of sp³-hybridized carbons (Fsp3) is 0.727. The second kappa shape index (κ2) is 6.93. The Kier molecular flexibility index (Phi) is 5.83. The van der Waals surface area contributed by atoms with Crippen LogP contribution in [-0.2, 0) is 13.1 Å². The lowest BCUT2D eigenvalue weighted by molar-refractivity contribution is 0.277. The molecule has 86 valence electrons. The summed E-state index contributed by atoms with van der Waals surface area (Å²) < 4.78 is 0. The second-order valence-electron chi connectivity index (χ2n) is 3.63. The van der Waals surface area contributed by atoms with Crippen LogP contribution >= 0.6 is 11.3 Å². The molecule has 0 aliphatic rings. The summed E-state index contributed by atoms with van der Waals surface area (Å²) in [5, 5.41) is 6.48. The first-order valence-electron chi connectivity index (χ1n) is 5.60. The molecule has 1 heterocycles. The summed E-state index contributed by atoms with van der Waals surface area (Å²) >= 11 is 1.74. The lowest BCUT2D eigenvalue weighted by Crippen LogP contribution is -2.23. The van der Waals surface area contributed by atoms with Gasteiger partial charge in [-0.15, -0.1) is 11.3 Å². The summed E-state index contributed by atoms with van der Waals surface area (Å²) in [5.74, 6) is 0. The first-order chi connectivity index (χ1) is 7.30. The van der Waals surface area contributed by atoms with E-state index in [4.69, 9.17) is 0 Å². The Hall–Kier alpha value is -0.450. The molecule has 0 unspecified atom stereocenters. The van der Waals surface area contributed by atoms with Crippen molar-refractivity contribution in [1.29, 1.82) is 0 Å². The van der Waals surface area contributed by atoms with Gasteiger partial charge in [0.15, 0.2) is 0 Å². The highest BCUT2D eigenvalue weighted by Crippen LogP contribution is 2.11. The standard InChI is InChI=1S/C11H21N3S/c1-4-6-14(5-2)8-10-9-15-11(13-10)7-12-3/h9,12H,4-8H2,1-3H3. The van der Waals surface area contributed by atoms with Crippen LogP contribution in [0.25, 0.3) is 0 Å². The van der Waals surface area contributed by atoms with Crippen molar-refractivity contribution < 1.29 is 0 Å². The fourth-order valence-corrected chi connectivity index (χ4v) is 2.35. The van der Waals surface area contributed by atoms with Crippen LogP contribution in [0.5, 0.6) is 0 Å². The molecule has 0 bridgehead atoms. The normalized spacial score (nSPS) is 11.2. The maximum atomic E-state index is 4.58. The molecular weight excluding hydrogens is 206 g/mol. The van der Waals surface area contributed by atoms with Crippen molar-refractivity contribution >= 4 is 11.3 Å². The van der Waals surface area contributed by atoms with Crippen LogP contribution in [0.3, 0.4) is 0 Å². The van der Waals surface area contributed by atoms with Gasteiger partial charge >= 0.3 is 0 Å². The van der Waals surface area contributed by atoms with E-state index in [0.717, 1.165) is 26.2 Å². The number of nitrogens with zero attached hydrogens (tertiary/aromatic N) is 2. The van der Waals surface area contributed by atoms with Crippen LogP contribution in [0.4, 0.5) is 0 Å². The third kappa shape index (κ3) is 4.28. The predicted octanol–water partition coefficient (Wildman–Crippen LogP) is 2.09. The molecule has 0 aliphatic carbocycles. The Balaban J connectivity index is 2.47.